The highest BCUT2D eigenvalue weighted by atomic mass is 19.1. The Balaban J connectivity index is 2.43. The van der Waals surface area contributed by atoms with E-state index in [1.54, 1.807) is 24.3 Å². The third-order valence-electron chi connectivity index (χ3n) is 2.40. The van der Waals surface area contributed by atoms with Crippen molar-refractivity contribution in [1.82, 2.24) is 0 Å². The van der Waals surface area contributed by atoms with E-state index < -0.39 is 5.82 Å². The highest BCUT2D eigenvalue weighted by molar-refractivity contribution is 5.82. The molecule has 0 amide bonds. The zero-order valence-corrected chi connectivity index (χ0v) is 9.30. The molecule has 2 rings (SSSR count). The summed E-state index contributed by atoms with van der Waals surface area (Å²) >= 11 is 0. The third-order valence-corrected chi connectivity index (χ3v) is 2.40. The first kappa shape index (κ1) is 12.0. The number of halogens is 1. The molecular formula is C14H9FO3. The molecule has 3 nitrogen and oxygen atoms in total. The van der Waals surface area contributed by atoms with E-state index in [-0.39, 0.29) is 17.1 Å². The summed E-state index contributed by atoms with van der Waals surface area (Å²) in [6.45, 7) is 0. The van der Waals surface area contributed by atoms with Gasteiger partial charge in [0.2, 0.25) is 0 Å². The molecule has 0 unspecified atom stereocenters. The second-order valence-corrected chi connectivity index (χ2v) is 3.53. The highest BCUT2D eigenvalue weighted by Gasteiger charge is 2.11. The molecule has 0 spiro atoms. The number of hydrogen-bond acceptors (Lipinski definition) is 3. The summed E-state index contributed by atoms with van der Waals surface area (Å²) in [6.07, 6.45) is 1.02. The SMILES string of the molecule is O=Cc1ccccc1Oc1cccc(F)c1C=O. The van der Waals surface area contributed by atoms with Gasteiger partial charge >= 0.3 is 0 Å². The van der Waals surface area contributed by atoms with E-state index >= 15 is 0 Å². The van der Waals surface area contributed by atoms with Crippen molar-refractivity contribution in [2.24, 2.45) is 0 Å². The Bertz CT molecular complexity index is 593. The lowest BCUT2D eigenvalue weighted by Crippen LogP contribution is -1.96. The first-order valence-corrected chi connectivity index (χ1v) is 5.22. The summed E-state index contributed by atoms with van der Waals surface area (Å²) in [5, 5.41) is 0. The van der Waals surface area contributed by atoms with Gasteiger partial charge in [0.05, 0.1) is 11.1 Å². The van der Waals surface area contributed by atoms with Gasteiger partial charge in [0, 0.05) is 0 Å². The van der Waals surface area contributed by atoms with Crippen LogP contribution in [0.1, 0.15) is 20.7 Å². The molecule has 0 aliphatic rings. The Morgan fingerprint density at radius 1 is 0.889 bits per heavy atom. The van der Waals surface area contributed by atoms with Gasteiger partial charge in [-0.2, -0.15) is 0 Å². The average molecular weight is 244 g/mol. The Hall–Kier alpha value is -2.49. The Labute approximate surface area is 103 Å². The zero-order chi connectivity index (χ0) is 13.0. The summed E-state index contributed by atoms with van der Waals surface area (Å²) in [4.78, 5) is 21.6. The molecular weight excluding hydrogens is 235 g/mol. The number of ether oxygens (including phenoxy) is 1. The van der Waals surface area contributed by atoms with Gasteiger partial charge in [-0.05, 0) is 24.3 Å². The third kappa shape index (κ3) is 2.27. The van der Waals surface area contributed by atoms with Crippen LogP contribution in [0.2, 0.25) is 0 Å². The topological polar surface area (TPSA) is 43.4 Å². The van der Waals surface area contributed by atoms with Crippen LogP contribution in [0.15, 0.2) is 42.5 Å². The molecule has 2 aromatic carbocycles. The molecule has 2 aromatic rings. The first-order valence-electron chi connectivity index (χ1n) is 5.22. The van der Waals surface area contributed by atoms with Crippen LogP contribution in [0.3, 0.4) is 0 Å². The predicted octanol–water partition coefficient (Wildman–Crippen LogP) is 3.24. The second-order valence-electron chi connectivity index (χ2n) is 3.53. The van der Waals surface area contributed by atoms with Crippen molar-refractivity contribution in [1.29, 1.82) is 0 Å². The molecule has 0 heterocycles. The number of para-hydroxylation sites is 1. The van der Waals surface area contributed by atoms with Crippen molar-refractivity contribution in [3.05, 3.63) is 59.4 Å². The second kappa shape index (κ2) is 5.23. The molecule has 18 heavy (non-hydrogen) atoms. The van der Waals surface area contributed by atoms with Crippen molar-refractivity contribution in [2.45, 2.75) is 0 Å². The minimum atomic E-state index is -0.661. The standard InChI is InChI=1S/C14H9FO3/c15-12-5-3-7-14(11(12)9-17)18-13-6-2-1-4-10(13)8-16/h1-9H. The molecule has 0 fully saturated rings. The van der Waals surface area contributed by atoms with E-state index in [9.17, 15) is 14.0 Å². The van der Waals surface area contributed by atoms with Gasteiger partial charge < -0.3 is 4.74 Å². The smallest absolute Gasteiger partial charge is 0.156 e. The Morgan fingerprint density at radius 2 is 1.61 bits per heavy atom. The van der Waals surface area contributed by atoms with Crippen molar-refractivity contribution < 1.29 is 18.7 Å². The Kier molecular flexibility index (Phi) is 3.48. The largest absolute Gasteiger partial charge is 0.456 e. The maximum absolute atomic E-state index is 13.4. The maximum Gasteiger partial charge on any atom is 0.156 e. The highest BCUT2D eigenvalue weighted by Crippen LogP contribution is 2.27. The van der Waals surface area contributed by atoms with Crippen LogP contribution in [0.4, 0.5) is 4.39 Å². The fourth-order valence-electron chi connectivity index (χ4n) is 1.51. The summed E-state index contributed by atoms with van der Waals surface area (Å²) in [5.41, 5.74) is 0.164. The van der Waals surface area contributed by atoms with Gasteiger partial charge in [-0.1, -0.05) is 18.2 Å². The number of rotatable bonds is 4. The molecule has 0 radical (unpaired) electrons. The summed E-state index contributed by atoms with van der Waals surface area (Å²) in [6, 6.07) is 10.6. The van der Waals surface area contributed by atoms with Crippen LogP contribution in [0, 0.1) is 5.82 Å². The average Bonchev–Trinajstić information content (AvgIpc) is 2.40. The van der Waals surface area contributed by atoms with Crippen LogP contribution in [-0.4, -0.2) is 12.6 Å². The lowest BCUT2D eigenvalue weighted by atomic mass is 10.2. The van der Waals surface area contributed by atoms with E-state index in [0.29, 0.717) is 18.1 Å². The summed E-state index contributed by atoms with van der Waals surface area (Å²) in [5.74, 6) is -0.299. The minimum absolute atomic E-state index is 0.0827. The van der Waals surface area contributed by atoms with Crippen LogP contribution < -0.4 is 4.74 Å². The van der Waals surface area contributed by atoms with Gasteiger partial charge in [0.15, 0.2) is 12.6 Å². The number of benzene rings is 2. The van der Waals surface area contributed by atoms with E-state index in [0.717, 1.165) is 0 Å². The molecule has 0 aromatic heterocycles. The first-order chi connectivity index (χ1) is 8.76. The lowest BCUT2D eigenvalue weighted by molar-refractivity contribution is 0.111. The number of hydrogen-bond donors (Lipinski definition) is 0. The van der Waals surface area contributed by atoms with Crippen molar-refractivity contribution in [2.75, 3.05) is 0 Å². The van der Waals surface area contributed by atoms with Gasteiger partial charge in [0.1, 0.15) is 17.3 Å². The van der Waals surface area contributed by atoms with Crippen LogP contribution in [0.5, 0.6) is 11.5 Å². The predicted molar refractivity (Wildman–Crippen MR) is 63.7 cm³/mol. The fourth-order valence-corrected chi connectivity index (χ4v) is 1.51. The monoisotopic (exact) mass is 244 g/mol. The molecule has 0 saturated heterocycles. The molecule has 4 heteroatoms. The van der Waals surface area contributed by atoms with E-state index in [4.69, 9.17) is 4.74 Å². The van der Waals surface area contributed by atoms with Crippen LogP contribution in [0.25, 0.3) is 0 Å². The molecule has 0 saturated carbocycles. The van der Waals surface area contributed by atoms with Gasteiger partial charge in [-0.3, -0.25) is 9.59 Å². The van der Waals surface area contributed by atoms with E-state index in [2.05, 4.69) is 0 Å². The molecule has 90 valence electrons. The normalized spacial score (nSPS) is 9.83. The number of carbonyl (C=O) groups is 2. The van der Waals surface area contributed by atoms with E-state index in [1.165, 1.54) is 18.2 Å². The van der Waals surface area contributed by atoms with Crippen molar-refractivity contribution in [3.8, 4) is 11.5 Å². The Morgan fingerprint density at radius 3 is 2.33 bits per heavy atom. The molecule has 0 atom stereocenters. The van der Waals surface area contributed by atoms with E-state index in [1.807, 2.05) is 0 Å². The quantitative estimate of drug-likeness (QED) is 0.775. The summed E-state index contributed by atoms with van der Waals surface area (Å²) < 4.78 is 18.8. The van der Waals surface area contributed by atoms with Gasteiger partial charge in [-0.15, -0.1) is 0 Å². The maximum atomic E-state index is 13.4. The number of carbonyl (C=O) groups excluding carboxylic acids is 2. The van der Waals surface area contributed by atoms with Crippen molar-refractivity contribution in [3.63, 3.8) is 0 Å². The summed E-state index contributed by atoms with van der Waals surface area (Å²) in [7, 11) is 0. The molecule has 0 N–H and O–H groups in total. The van der Waals surface area contributed by atoms with Gasteiger partial charge in [0.25, 0.3) is 0 Å². The van der Waals surface area contributed by atoms with Crippen LogP contribution >= 0.6 is 0 Å². The molecule has 0 aliphatic heterocycles. The number of aldehydes is 2. The zero-order valence-electron chi connectivity index (χ0n) is 9.30. The minimum Gasteiger partial charge on any atom is -0.456 e. The fraction of sp³-hybridized carbons (Fsp3) is 0. The lowest BCUT2D eigenvalue weighted by Gasteiger charge is -2.09. The molecule has 0 bridgehead atoms. The van der Waals surface area contributed by atoms with Gasteiger partial charge in [-0.25, -0.2) is 4.39 Å². The van der Waals surface area contributed by atoms with Crippen molar-refractivity contribution >= 4 is 12.6 Å². The van der Waals surface area contributed by atoms with Crippen LogP contribution in [-0.2, 0) is 0 Å². The molecule has 0 aliphatic carbocycles.